The zero-order valence-electron chi connectivity index (χ0n) is 13.2. The van der Waals surface area contributed by atoms with E-state index in [2.05, 4.69) is 30.4 Å². The average molecular weight is 285 g/mol. The standard InChI is InChI=1S/C18H23NO2/c1-11-12(2)20-13(3)17(11)18(19-4)14-6-5-7-16(10-14)21-15-8-9-15/h5-7,10,15,18-19H,8-9H2,1-4H3. The molecular formula is C18H23NO2. The largest absolute Gasteiger partial charge is 0.490 e. The molecule has 0 radical (unpaired) electrons. The van der Waals surface area contributed by atoms with Crippen LogP contribution in [0.3, 0.4) is 0 Å². The van der Waals surface area contributed by atoms with Gasteiger partial charge in [-0.05, 0) is 63.9 Å². The molecule has 0 amide bonds. The van der Waals surface area contributed by atoms with Crippen LogP contribution in [0.4, 0.5) is 0 Å². The normalized spacial score (nSPS) is 16.0. The molecule has 1 aromatic heterocycles. The predicted molar refractivity (Wildman–Crippen MR) is 83.9 cm³/mol. The van der Waals surface area contributed by atoms with Gasteiger partial charge >= 0.3 is 0 Å². The van der Waals surface area contributed by atoms with E-state index in [-0.39, 0.29) is 6.04 Å². The minimum atomic E-state index is 0.130. The first-order valence-corrected chi connectivity index (χ1v) is 7.60. The van der Waals surface area contributed by atoms with Crippen molar-refractivity contribution in [2.24, 2.45) is 0 Å². The summed E-state index contributed by atoms with van der Waals surface area (Å²) in [4.78, 5) is 0. The van der Waals surface area contributed by atoms with Gasteiger partial charge in [0.25, 0.3) is 0 Å². The minimum Gasteiger partial charge on any atom is -0.490 e. The summed E-state index contributed by atoms with van der Waals surface area (Å²) in [5.74, 6) is 2.94. The summed E-state index contributed by atoms with van der Waals surface area (Å²) < 4.78 is 11.7. The number of aryl methyl sites for hydroxylation is 2. The highest BCUT2D eigenvalue weighted by Crippen LogP contribution is 2.33. The Bertz CT molecular complexity index is 641. The topological polar surface area (TPSA) is 34.4 Å². The van der Waals surface area contributed by atoms with Crippen molar-refractivity contribution >= 4 is 0 Å². The molecule has 2 aromatic rings. The number of furan rings is 1. The molecule has 0 bridgehead atoms. The fourth-order valence-electron chi connectivity index (χ4n) is 2.86. The van der Waals surface area contributed by atoms with Crippen LogP contribution in [0.1, 0.15) is 47.1 Å². The first kappa shape index (κ1) is 14.2. The molecule has 1 fully saturated rings. The van der Waals surface area contributed by atoms with Crippen LogP contribution in [0.25, 0.3) is 0 Å². The molecule has 3 rings (SSSR count). The fourth-order valence-corrected chi connectivity index (χ4v) is 2.86. The lowest BCUT2D eigenvalue weighted by atomic mass is 9.95. The third-order valence-electron chi connectivity index (χ3n) is 4.21. The van der Waals surface area contributed by atoms with E-state index in [0.29, 0.717) is 6.10 Å². The van der Waals surface area contributed by atoms with Crippen LogP contribution in [0.5, 0.6) is 5.75 Å². The zero-order chi connectivity index (χ0) is 15.0. The Morgan fingerprint density at radius 3 is 2.52 bits per heavy atom. The van der Waals surface area contributed by atoms with Crippen LogP contribution in [0.15, 0.2) is 28.7 Å². The molecule has 3 nitrogen and oxygen atoms in total. The third-order valence-corrected chi connectivity index (χ3v) is 4.21. The van der Waals surface area contributed by atoms with Gasteiger partial charge in [0.1, 0.15) is 17.3 Å². The maximum absolute atomic E-state index is 5.91. The van der Waals surface area contributed by atoms with E-state index in [4.69, 9.17) is 9.15 Å². The molecule has 112 valence electrons. The van der Waals surface area contributed by atoms with Crippen molar-refractivity contribution in [3.05, 3.63) is 52.5 Å². The van der Waals surface area contributed by atoms with Gasteiger partial charge in [0.2, 0.25) is 0 Å². The van der Waals surface area contributed by atoms with Gasteiger partial charge in [0.15, 0.2) is 0 Å². The van der Waals surface area contributed by atoms with Crippen LogP contribution in [-0.2, 0) is 0 Å². The molecule has 1 aromatic carbocycles. The molecule has 0 saturated heterocycles. The van der Waals surface area contributed by atoms with Crippen LogP contribution in [0, 0.1) is 20.8 Å². The number of rotatable bonds is 5. The van der Waals surface area contributed by atoms with Gasteiger partial charge in [-0.15, -0.1) is 0 Å². The molecule has 1 N–H and O–H groups in total. The predicted octanol–water partition coefficient (Wildman–Crippen LogP) is 4.05. The Morgan fingerprint density at radius 2 is 1.95 bits per heavy atom. The van der Waals surface area contributed by atoms with Crippen molar-refractivity contribution in [2.75, 3.05) is 7.05 Å². The molecule has 1 saturated carbocycles. The molecule has 0 aliphatic heterocycles. The molecule has 21 heavy (non-hydrogen) atoms. The molecule has 1 atom stereocenters. The highest BCUT2D eigenvalue weighted by Gasteiger charge is 2.25. The fraction of sp³-hybridized carbons (Fsp3) is 0.444. The van der Waals surface area contributed by atoms with Gasteiger partial charge < -0.3 is 14.5 Å². The van der Waals surface area contributed by atoms with Gasteiger partial charge in [0, 0.05) is 5.56 Å². The van der Waals surface area contributed by atoms with Gasteiger partial charge in [-0.2, -0.15) is 0 Å². The third kappa shape index (κ3) is 2.84. The Balaban J connectivity index is 1.95. The van der Waals surface area contributed by atoms with Crippen molar-refractivity contribution in [1.82, 2.24) is 5.32 Å². The summed E-state index contributed by atoms with van der Waals surface area (Å²) in [5.41, 5.74) is 3.67. The molecule has 1 aliphatic carbocycles. The Morgan fingerprint density at radius 1 is 1.19 bits per heavy atom. The summed E-state index contributed by atoms with van der Waals surface area (Å²) in [6, 6.07) is 8.51. The molecule has 1 heterocycles. The average Bonchev–Trinajstić information content (AvgIpc) is 3.23. The summed E-state index contributed by atoms with van der Waals surface area (Å²) in [6.07, 6.45) is 2.78. The molecule has 1 unspecified atom stereocenters. The van der Waals surface area contributed by atoms with Crippen molar-refractivity contribution in [3.63, 3.8) is 0 Å². The second-order valence-electron chi connectivity index (χ2n) is 5.86. The second-order valence-corrected chi connectivity index (χ2v) is 5.86. The van der Waals surface area contributed by atoms with Crippen LogP contribution >= 0.6 is 0 Å². The van der Waals surface area contributed by atoms with Gasteiger partial charge in [-0.1, -0.05) is 12.1 Å². The van der Waals surface area contributed by atoms with Crippen LogP contribution in [-0.4, -0.2) is 13.2 Å². The van der Waals surface area contributed by atoms with Crippen molar-refractivity contribution in [2.45, 2.75) is 45.8 Å². The van der Waals surface area contributed by atoms with Gasteiger partial charge in [-0.25, -0.2) is 0 Å². The smallest absolute Gasteiger partial charge is 0.120 e. The van der Waals surface area contributed by atoms with Crippen molar-refractivity contribution in [1.29, 1.82) is 0 Å². The zero-order valence-corrected chi connectivity index (χ0v) is 13.2. The lowest BCUT2D eigenvalue weighted by molar-refractivity contribution is 0.302. The molecule has 1 aliphatic rings. The van der Waals surface area contributed by atoms with Crippen LogP contribution in [0.2, 0.25) is 0 Å². The second kappa shape index (κ2) is 5.57. The number of ether oxygens (including phenoxy) is 1. The molecular weight excluding hydrogens is 262 g/mol. The number of hydrogen-bond acceptors (Lipinski definition) is 3. The molecule has 3 heteroatoms. The van der Waals surface area contributed by atoms with E-state index in [1.165, 1.54) is 29.5 Å². The number of hydrogen-bond donors (Lipinski definition) is 1. The van der Waals surface area contributed by atoms with Gasteiger partial charge in [0.05, 0.1) is 12.1 Å². The highest BCUT2D eigenvalue weighted by atomic mass is 16.5. The maximum Gasteiger partial charge on any atom is 0.120 e. The summed E-state index contributed by atoms with van der Waals surface area (Å²) in [7, 11) is 1.99. The van der Waals surface area contributed by atoms with Crippen molar-refractivity contribution < 1.29 is 9.15 Å². The van der Waals surface area contributed by atoms with Crippen molar-refractivity contribution in [3.8, 4) is 5.75 Å². The first-order valence-electron chi connectivity index (χ1n) is 7.60. The minimum absolute atomic E-state index is 0.130. The number of nitrogens with one attached hydrogen (secondary N) is 1. The SMILES string of the molecule is CNC(c1cccc(OC2CC2)c1)c1c(C)oc(C)c1C. The van der Waals surface area contributed by atoms with E-state index < -0.39 is 0 Å². The van der Waals surface area contributed by atoms with Gasteiger partial charge in [-0.3, -0.25) is 0 Å². The lowest BCUT2D eigenvalue weighted by Gasteiger charge is -2.18. The molecule has 0 spiro atoms. The van der Waals surface area contributed by atoms with E-state index in [1.54, 1.807) is 0 Å². The van der Waals surface area contributed by atoms with E-state index in [0.717, 1.165) is 17.3 Å². The Kier molecular flexibility index (Phi) is 3.77. The first-order chi connectivity index (χ1) is 10.1. The van der Waals surface area contributed by atoms with E-state index in [9.17, 15) is 0 Å². The quantitative estimate of drug-likeness (QED) is 0.899. The highest BCUT2D eigenvalue weighted by molar-refractivity contribution is 5.42. The van der Waals surface area contributed by atoms with E-state index in [1.807, 2.05) is 27.0 Å². The summed E-state index contributed by atoms with van der Waals surface area (Å²) in [6.45, 7) is 6.17. The van der Waals surface area contributed by atoms with E-state index >= 15 is 0 Å². The monoisotopic (exact) mass is 285 g/mol. The Hall–Kier alpha value is -1.74. The summed E-state index contributed by atoms with van der Waals surface area (Å²) in [5, 5.41) is 3.41. The Labute approximate surface area is 126 Å². The van der Waals surface area contributed by atoms with Crippen LogP contribution < -0.4 is 10.1 Å². The lowest BCUT2D eigenvalue weighted by Crippen LogP contribution is -2.19. The summed E-state index contributed by atoms with van der Waals surface area (Å²) >= 11 is 0. The number of benzene rings is 1. The maximum atomic E-state index is 5.91.